The molecule has 2 heterocycles. The summed E-state index contributed by atoms with van der Waals surface area (Å²) in [6, 6.07) is 11.0. The Labute approximate surface area is 192 Å². The monoisotopic (exact) mass is 537 g/mol. The number of amides is 1. The average Bonchev–Trinajstić information content (AvgIpc) is 2.68. The molecule has 1 saturated heterocycles. The molecule has 2 aliphatic rings. The van der Waals surface area contributed by atoms with Crippen molar-refractivity contribution in [2.75, 3.05) is 31.1 Å². The smallest absolute Gasteiger partial charge is 0.410 e. The number of para-hydroxylation sites is 1. The summed E-state index contributed by atoms with van der Waals surface area (Å²) in [6.07, 6.45) is -0.219. The van der Waals surface area contributed by atoms with Gasteiger partial charge in [-0.15, -0.1) is 0 Å². The molecule has 5 nitrogen and oxygen atoms in total. The molecule has 2 aliphatic heterocycles. The summed E-state index contributed by atoms with van der Waals surface area (Å²) < 4.78 is 6.84. The molecule has 30 heavy (non-hydrogen) atoms. The number of rotatable bonds is 1. The third kappa shape index (κ3) is 4.23. The molecule has 160 valence electrons. The van der Waals surface area contributed by atoms with Gasteiger partial charge in [-0.05, 0) is 85.2 Å². The molecule has 0 aliphatic carbocycles. The highest BCUT2D eigenvalue weighted by atomic mass is 127. The van der Waals surface area contributed by atoms with Gasteiger partial charge >= 0.3 is 6.09 Å². The van der Waals surface area contributed by atoms with E-state index in [1.807, 2.05) is 25.7 Å². The Morgan fingerprint density at radius 1 is 1.10 bits per heavy atom. The molecule has 1 amide bonds. The molecular formula is C23H28IN3O2S. The molecule has 0 spiro atoms. The van der Waals surface area contributed by atoms with Crippen LogP contribution in [0.15, 0.2) is 40.2 Å². The number of carbonyl (C=O) groups excluding carboxylic acids is 1. The van der Waals surface area contributed by atoms with Gasteiger partial charge in [0.15, 0.2) is 0 Å². The molecular weight excluding hydrogens is 509 g/mol. The second-order valence-electron chi connectivity index (χ2n) is 8.85. The van der Waals surface area contributed by atoms with Crippen LogP contribution in [0.2, 0.25) is 0 Å². The number of anilines is 1. The molecule has 1 fully saturated rings. The fourth-order valence-electron chi connectivity index (χ4n) is 3.82. The highest BCUT2D eigenvalue weighted by Crippen LogP contribution is 2.47. The van der Waals surface area contributed by atoms with Crippen molar-refractivity contribution in [2.45, 2.75) is 45.1 Å². The highest BCUT2D eigenvalue weighted by molar-refractivity contribution is 14.2. The number of benzene rings is 2. The van der Waals surface area contributed by atoms with Crippen LogP contribution in [0, 0.1) is 18.4 Å². The van der Waals surface area contributed by atoms with E-state index in [0.29, 0.717) is 13.1 Å². The molecule has 0 saturated carbocycles. The summed E-state index contributed by atoms with van der Waals surface area (Å²) in [7, 11) is -0.0361. The Morgan fingerprint density at radius 3 is 2.47 bits per heavy atom. The number of fused-ring (bicyclic) bond motifs is 2. The maximum Gasteiger partial charge on any atom is 0.410 e. The predicted molar refractivity (Wildman–Crippen MR) is 132 cm³/mol. The van der Waals surface area contributed by atoms with Crippen molar-refractivity contribution in [3.8, 4) is 0 Å². The van der Waals surface area contributed by atoms with Crippen molar-refractivity contribution in [1.29, 1.82) is 0 Å². The van der Waals surface area contributed by atoms with E-state index in [9.17, 15) is 4.79 Å². The second kappa shape index (κ2) is 8.15. The van der Waals surface area contributed by atoms with Gasteiger partial charge in [0.05, 0.1) is 11.0 Å². The lowest BCUT2D eigenvalue weighted by Gasteiger charge is -2.37. The first kappa shape index (κ1) is 21.6. The quantitative estimate of drug-likeness (QED) is 0.354. The Hall–Kier alpha value is -1.61. The van der Waals surface area contributed by atoms with E-state index < -0.39 is 5.60 Å². The lowest BCUT2D eigenvalue weighted by atomic mass is 10.1. The summed E-state index contributed by atoms with van der Waals surface area (Å²) in [4.78, 5) is 22.9. The number of halogens is 1. The number of nitrogens with zero attached hydrogens (tertiary/aromatic N) is 3. The van der Waals surface area contributed by atoms with Gasteiger partial charge in [-0.1, -0.05) is 19.8 Å². The number of piperazine rings is 1. The maximum atomic E-state index is 12.4. The number of ether oxygens (including phenoxy) is 1. The first-order chi connectivity index (χ1) is 14.1. The largest absolute Gasteiger partial charge is 0.444 e. The summed E-state index contributed by atoms with van der Waals surface area (Å²) >= 11 is 2.56. The van der Waals surface area contributed by atoms with Gasteiger partial charge in [0, 0.05) is 41.3 Å². The van der Waals surface area contributed by atoms with Crippen LogP contribution in [0.4, 0.5) is 16.2 Å². The van der Waals surface area contributed by atoms with E-state index in [1.54, 1.807) is 0 Å². The lowest BCUT2D eigenvalue weighted by molar-refractivity contribution is 0.0240. The molecule has 2 aromatic rings. The third-order valence-electron chi connectivity index (χ3n) is 5.36. The van der Waals surface area contributed by atoms with Crippen molar-refractivity contribution in [1.82, 2.24) is 4.90 Å². The van der Waals surface area contributed by atoms with Crippen LogP contribution in [0.3, 0.4) is 0 Å². The Kier molecular flexibility index (Phi) is 5.87. The van der Waals surface area contributed by atoms with Crippen LogP contribution in [0.5, 0.6) is 0 Å². The van der Waals surface area contributed by atoms with Crippen molar-refractivity contribution >= 4 is 46.3 Å². The third-order valence-corrected chi connectivity index (χ3v) is 9.62. The molecule has 4 rings (SSSR count). The molecule has 0 N–H and O–H groups in total. The van der Waals surface area contributed by atoms with Crippen molar-refractivity contribution < 1.29 is 9.53 Å². The van der Waals surface area contributed by atoms with Crippen LogP contribution >= 0.6 is 28.9 Å². The molecule has 0 radical (unpaired) electrons. The van der Waals surface area contributed by atoms with Crippen LogP contribution < -0.4 is 10.3 Å². The maximum absolute atomic E-state index is 12.4. The first-order valence-corrected chi connectivity index (χ1v) is 14.0. The number of carbonyl (C=O) groups is 1. The summed E-state index contributed by atoms with van der Waals surface area (Å²) in [5, 5.41) is 1.13. The summed E-state index contributed by atoms with van der Waals surface area (Å²) in [6.45, 7) is 13.0. The van der Waals surface area contributed by atoms with Crippen LogP contribution in [0.1, 0.15) is 31.9 Å². The van der Waals surface area contributed by atoms with Gasteiger partial charge in [0.1, 0.15) is 5.60 Å². The van der Waals surface area contributed by atoms with E-state index >= 15 is 0 Å². The van der Waals surface area contributed by atoms with Crippen molar-refractivity contribution in [3.63, 3.8) is 0 Å². The van der Waals surface area contributed by atoms with Gasteiger partial charge in [-0.3, -0.25) is 0 Å². The van der Waals surface area contributed by atoms with Crippen molar-refractivity contribution in [3.05, 3.63) is 51.3 Å². The normalized spacial score (nSPS) is 18.4. The number of aryl methyl sites for hydroxylation is 2. The molecule has 1 atom stereocenters. The zero-order valence-electron chi connectivity index (χ0n) is 18.2. The van der Waals surface area contributed by atoms with E-state index in [4.69, 9.17) is 9.73 Å². The minimum Gasteiger partial charge on any atom is -0.444 e. The Bertz CT molecular complexity index is 1130. The summed E-state index contributed by atoms with van der Waals surface area (Å²) in [5.41, 5.74) is 4.31. The van der Waals surface area contributed by atoms with Gasteiger partial charge < -0.3 is 14.5 Å². The predicted octanol–water partition coefficient (Wildman–Crippen LogP) is 5.55. The molecule has 1 unspecified atom stereocenters. The Morgan fingerprint density at radius 2 is 1.80 bits per heavy atom. The molecule has 0 bridgehead atoms. The fraction of sp³-hybridized carbons (Fsp3) is 0.435. The zero-order chi connectivity index (χ0) is 21.6. The standard InChI is InChI=1S/C23H28IN3O2S/c1-15-7-6-8-18-20(15)25-21-16(2)13-17(14-19(21)30(18)24)26-9-11-27(12-10-26)22(28)29-23(3,4)5/h6-8,13-14H,9-12H2,1-5H3. The van der Waals surface area contributed by atoms with Crippen molar-refractivity contribution in [2.24, 2.45) is 4.99 Å². The number of hydrogen-bond donors (Lipinski definition) is 0. The summed E-state index contributed by atoms with van der Waals surface area (Å²) in [5.74, 6) is 0. The van der Waals surface area contributed by atoms with Crippen LogP contribution in [0.25, 0.3) is 0 Å². The minimum absolute atomic E-state index is 0.0361. The van der Waals surface area contributed by atoms with E-state index in [-0.39, 0.29) is 13.7 Å². The Balaban J connectivity index is 1.59. The van der Waals surface area contributed by atoms with Crippen LogP contribution in [-0.2, 0) is 4.74 Å². The molecule has 2 aromatic carbocycles. The van der Waals surface area contributed by atoms with E-state index in [2.05, 4.69) is 70.3 Å². The first-order valence-electron chi connectivity index (χ1n) is 10.2. The highest BCUT2D eigenvalue weighted by Gasteiger charge is 2.27. The van der Waals surface area contributed by atoms with E-state index in [0.717, 1.165) is 24.1 Å². The SMILES string of the molecule is Cc1cc(N2CCN(C(=O)OC(C)(C)C)CC2)cc2c1N=c1c(C)cccc1=S2I. The average molecular weight is 537 g/mol. The van der Waals surface area contributed by atoms with Gasteiger partial charge in [-0.2, -0.15) is 0 Å². The second-order valence-corrected chi connectivity index (χ2v) is 12.9. The minimum atomic E-state index is -0.460. The molecule has 0 aromatic heterocycles. The lowest BCUT2D eigenvalue weighted by Crippen LogP contribution is -2.50. The zero-order valence-corrected chi connectivity index (χ0v) is 21.1. The van der Waals surface area contributed by atoms with Crippen LogP contribution in [-0.4, -0.2) is 42.8 Å². The van der Waals surface area contributed by atoms with Gasteiger partial charge in [0.2, 0.25) is 0 Å². The topological polar surface area (TPSA) is 45.1 Å². The fourth-order valence-corrected chi connectivity index (χ4v) is 7.30. The number of hydrogen-bond acceptors (Lipinski definition) is 4. The van der Waals surface area contributed by atoms with Gasteiger partial charge in [0.25, 0.3) is 0 Å². The van der Waals surface area contributed by atoms with E-state index in [1.165, 1.54) is 26.2 Å². The molecule has 7 heteroatoms. The van der Waals surface area contributed by atoms with Gasteiger partial charge in [-0.25, -0.2) is 9.79 Å².